The van der Waals surface area contributed by atoms with Gasteiger partial charge >= 0.3 is 0 Å². The molecular formula is C20H27N3O4. The van der Waals surface area contributed by atoms with Crippen LogP contribution in [-0.2, 0) is 9.59 Å². The monoisotopic (exact) mass is 373 g/mol. The predicted octanol–water partition coefficient (Wildman–Crippen LogP) is 2.34. The minimum Gasteiger partial charge on any atom is -0.490 e. The molecule has 1 aromatic carbocycles. The molecule has 0 bridgehead atoms. The van der Waals surface area contributed by atoms with E-state index in [1.54, 1.807) is 18.3 Å². The normalized spacial score (nSPS) is 17.0. The standard InChI is InChI=1S/C20H27N3O4/c1-2-26-18-12-15(13-21-22-20(25)16-7-8-16)6-9-17(18)27-14-19(24)23-10-4-3-5-11-23/h6,9,12-13,16H,2-5,7-8,10-11,14H2,1H3,(H,22,25)/b21-13-. The molecule has 7 nitrogen and oxygen atoms in total. The van der Waals surface area contributed by atoms with Crippen molar-refractivity contribution < 1.29 is 19.1 Å². The number of ether oxygens (including phenoxy) is 2. The van der Waals surface area contributed by atoms with Gasteiger partial charge in [0.05, 0.1) is 12.8 Å². The lowest BCUT2D eigenvalue weighted by atomic mass is 10.1. The van der Waals surface area contributed by atoms with E-state index in [0.29, 0.717) is 18.1 Å². The van der Waals surface area contributed by atoms with Crippen molar-refractivity contribution in [3.8, 4) is 11.5 Å². The van der Waals surface area contributed by atoms with Gasteiger partial charge in [-0.2, -0.15) is 5.10 Å². The van der Waals surface area contributed by atoms with Crippen LogP contribution in [0.5, 0.6) is 11.5 Å². The second-order valence-electron chi connectivity index (χ2n) is 6.88. The Morgan fingerprint density at radius 1 is 1.19 bits per heavy atom. The van der Waals surface area contributed by atoms with Gasteiger partial charge in [-0.3, -0.25) is 9.59 Å². The Balaban J connectivity index is 1.57. The summed E-state index contributed by atoms with van der Waals surface area (Å²) in [7, 11) is 0. The summed E-state index contributed by atoms with van der Waals surface area (Å²) in [6.07, 6.45) is 6.76. The van der Waals surface area contributed by atoms with Gasteiger partial charge in [0.15, 0.2) is 18.1 Å². The molecule has 27 heavy (non-hydrogen) atoms. The molecule has 2 amide bonds. The van der Waals surface area contributed by atoms with Gasteiger partial charge in [-0.1, -0.05) is 0 Å². The van der Waals surface area contributed by atoms with Gasteiger partial charge in [0.1, 0.15) is 0 Å². The number of likely N-dealkylation sites (tertiary alicyclic amines) is 1. The first kappa shape index (κ1) is 19.2. The summed E-state index contributed by atoms with van der Waals surface area (Å²) in [6, 6.07) is 5.37. The molecule has 3 rings (SSSR count). The van der Waals surface area contributed by atoms with Gasteiger partial charge in [-0.25, -0.2) is 5.43 Å². The number of nitrogens with one attached hydrogen (secondary N) is 1. The van der Waals surface area contributed by atoms with Crippen molar-refractivity contribution in [2.24, 2.45) is 11.0 Å². The van der Waals surface area contributed by atoms with E-state index in [1.807, 2.05) is 17.9 Å². The lowest BCUT2D eigenvalue weighted by Gasteiger charge is -2.26. The van der Waals surface area contributed by atoms with Crippen molar-refractivity contribution in [1.82, 2.24) is 10.3 Å². The summed E-state index contributed by atoms with van der Waals surface area (Å²) in [5.74, 6) is 1.18. The third-order valence-electron chi connectivity index (χ3n) is 4.66. The third kappa shape index (κ3) is 5.70. The number of carbonyl (C=O) groups excluding carboxylic acids is 2. The van der Waals surface area contributed by atoms with E-state index in [-0.39, 0.29) is 24.3 Å². The van der Waals surface area contributed by atoms with Crippen molar-refractivity contribution in [3.63, 3.8) is 0 Å². The molecule has 2 aliphatic rings. The van der Waals surface area contributed by atoms with Crippen molar-refractivity contribution >= 4 is 18.0 Å². The van der Waals surface area contributed by atoms with Crippen LogP contribution in [0.15, 0.2) is 23.3 Å². The Labute approximate surface area is 159 Å². The summed E-state index contributed by atoms with van der Waals surface area (Å²) in [4.78, 5) is 25.7. The van der Waals surface area contributed by atoms with Crippen molar-refractivity contribution in [1.29, 1.82) is 0 Å². The number of hydrogen-bond donors (Lipinski definition) is 1. The predicted molar refractivity (Wildman–Crippen MR) is 102 cm³/mol. The highest BCUT2D eigenvalue weighted by molar-refractivity contribution is 5.85. The van der Waals surface area contributed by atoms with Crippen LogP contribution in [-0.4, -0.2) is 49.2 Å². The molecule has 0 spiro atoms. The zero-order chi connectivity index (χ0) is 19.1. The number of nitrogens with zero attached hydrogens (tertiary/aromatic N) is 2. The molecule has 1 heterocycles. The number of carbonyl (C=O) groups is 2. The van der Waals surface area contributed by atoms with E-state index < -0.39 is 0 Å². The fourth-order valence-corrected chi connectivity index (χ4v) is 2.97. The van der Waals surface area contributed by atoms with E-state index in [1.165, 1.54) is 6.42 Å². The smallest absolute Gasteiger partial charge is 0.260 e. The molecule has 1 saturated heterocycles. The fraction of sp³-hybridized carbons (Fsp3) is 0.550. The lowest BCUT2D eigenvalue weighted by Crippen LogP contribution is -2.38. The number of benzene rings is 1. The molecular weight excluding hydrogens is 346 g/mol. The molecule has 146 valence electrons. The molecule has 0 radical (unpaired) electrons. The topological polar surface area (TPSA) is 80.2 Å². The van der Waals surface area contributed by atoms with Crippen LogP contribution in [0.2, 0.25) is 0 Å². The molecule has 1 N–H and O–H groups in total. The molecule has 0 aromatic heterocycles. The highest BCUT2D eigenvalue weighted by Gasteiger charge is 2.29. The highest BCUT2D eigenvalue weighted by Crippen LogP contribution is 2.29. The Kier molecular flexibility index (Phi) is 6.68. The molecule has 1 aliphatic heterocycles. The summed E-state index contributed by atoms with van der Waals surface area (Å²) >= 11 is 0. The van der Waals surface area contributed by atoms with Crippen LogP contribution >= 0.6 is 0 Å². The highest BCUT2D eigenvalue weighted by atomic mass is 16.5. The van der Waals surface area contributed by atoms with Crippen molar-refractivity contribution in [2.75, 3.05) is 26.3 Å². The number of piperidine rings is 1. The summed E-state index contributed by atoms with van der Waals surface area (Å²) in [5, 5.41) is 3.99. The maximum atomic E-state index is 12.3. The Hall–Kier alpha value is -2.57. The van der Waals surface area contributed by atoms with Crippen LogP contribution < -0.4 is 14.9 Å². The summed E-state index contributed by atoms with van der Waals surface area (Å²) in [6.45, 7) is 3.99. The van der Waals surface area contributed by atoms with Crippen LogP contribution in [0.25, 0.3) is 0 Å². The molecule has 2 fully saturated rings. The van der Waals surface area contributed by atoms with Crippen LogP contribution in [0.1, 0.15) is 44.6 Å². The summed E-state index contributed by atoms with van der Waals surface area (Å²) < 4.78 is 11.3. The maximum absolute atomic E-state index is 12.3. The molecule has 1 aliphatic carbocycles. The molecule has 7 heteroatoms. The quantitative estimate of drug-likeness (QED) is 0.560. The lowest BCUT2D eigenvalue weighted by molar-refractivity contribution is -0.134. The molecule has 0 atom stereocenters. The van der Waals surface area contributed by atoms with Crippen molar-refractivity contribution in [2.45, 2.75) is 39.0 Å². The Bertz CT molecular complexity index is 694. The van der Waals surface area contributed by atoms with E-state index >= 15 is 0 Å². The van der Waals surface area contributed by atoms with Crippen LogP contribution in [0.4, 0.5) is 0 Å². The SMILES string of the molecule is CCOc1cc(/C=N\NC(=O)C2CC2)ccc1OCC(=O)N1CCCCC1. The zero-order valence-corrected chi connectivity index (χ0v) is 15.8. The first-order valence-corrected chi connectivity index (χ1v) is 9.67. The van der Waals surface area contributed by atoms with Gasteiger partial charge in [-0.05, 0) is 62.8 Å². The minimum absolute atomic E-state index is 0.00492. The average Bonchev–Trinajstić information content (AvgIpc) is 3.53. The van der Waals surface area contributed by atoms with Crippen LogP contribution in [0.3, 0.4) is 0 Å². The van der Waals surface area contributed by atoms with E-state index in [9.17, 15) is 9.59 Å². The second kappa shape index (κ2) is 9.39. The number of rotatable bonds is 8. The number of amides is 2. The van der Waals surface area contributed by atoms with E-state index in [2.05, 4.69) is 10.5 Å². The largest absolute Gasteiger partial charge is 0.490 e. The first-order chi connectivity index (χ1) is 13.2. The van der Waals surface area contributed by atoms with Gasteiger partial charge in [0.2, 0.25) is 5.91 Å². The van der Waals surface area contributed by atoms with E-state index in [0.717, 1.165) is 44.3 Å². The van der Waals surface area contributed by atoms with E-state index in [4.69, 9.17) is 9.47 Å². The minimum atomic E-state index is -0.0348. The van der Waals surface area contributed by atoms with Gasteiger partial charge in [-0.15, -0.1) is 0 Å². The Morgan fingerprint density at radius 2 is 1.96 bits per heavy atom. The maximum Gasteiger partial charge on any atom is 0.260 e. The fourth-order valence-electron chi connectivity index (χ4n) is 2.97. The zero-order valence-electron chi connectivity index (χ0n) is 15.8. The second-order valence-corrected chi connectivity index (χ2v) is 6.88. The molecule has 1 aromatic rings. The Morgan fingerprint density at radius 3 is 2.67 bits per heavy atom. The molecule has 0 unspecified atom stereocenters. The third-order valence-corrected chi connectivity index (χ3v) is 4.66. The van der Waals surface area contributed by atoms with Crippen LogP contribution in [0, 0.1) is 5.92 Å². The number of hydrogen-bond acceptors (Lipinski definition) is 5. The van der Waals surface area contributed by atoms with Gasteiger partial charge < -0.3 is 14.4 Å². The molecule has 1 saturated carbocycles. The first-order valence-electron chi connectivity index (χ1n) is 9.67. The van der Waals surface area contributed by atoms with Gasteiger partial charge in [0, 0.05) is 19.0 Å². The number of hydrazone groups is 1. The average molecular weight is 373 g/mol. The van der Waals surface area contributed by atoms with Gasteiger partial charge in [0.25, 0.3) is 5.91 Å². The summed E-state index contributed by atoms with van der Waals surface area (Å²) in [5.41, 5.74) is 3.33. The van der Waals surface area contributed by atoms with Crippen molar-refractivity contribution in [3.05, 3.63) is 23.8 Å².